The van der Waals surface area contributed by atoms with E-state index in [0.29, 0.717) is 5.41 Å². The SMILES string of the molecule is CN1CCC2(CCOc3ccc(N)cc32)CC1. The molecule has 3 heteroatoms. The smallest absolute Gasteiger partial charge is 0.123 e. The van der Waals surface area contributed by atoms with E-state index in [0.717, 1.165) is 24.5 Å². The molecule has 1 spiro atoms. The van der Waals surface area contributed by atoms with E-state index in [9.17, 15) is 0 Å². The van der Waals surface area contributed by atoms with Crippen LogP contribution in [0.4, 0.5) is 5.69 Å². The van der Waals surface area contributed by atoms with Crippen molar-refractivity contribution in [3.05, 3.63) is 23.8 Å². The highest BCUT2D eigenvalue weighted by molar-refractivity contribution is 5.52. The van der Waals surface area contributed by atoms with Crippen LogP contribution in [-0.4, -0.2) is 31.6 Å². The van der Waals surface area contributed by atoms with Crippen LogP contribution in [0.1, 0.15) is 24.8 Å². The van der Waals surface area contributed by atoms with Crippen molar-refractivity contribution in [1.29, 1.82) is 0 Å². The second kappa shape index (κ2) is 3.91. The first-order valence-electron chi connectivity index (χ1n) is 6.41. The van der Waals surface area contributed by atoms with Gasteiger partial charge in [-0.2, -0.15) is 0 Å². The standard InChI is InChI=1S/C14H20N2O/c1-16-7-4-14(5-8-16)6-9-17-13-3-2-11(15)10-12(13)14/h2-3,10H,4-9,15H2,1H3. The lowest BCUT2D eigenvalue weighted by atomic mass is 9.69. The second-order valence-corrected chi connectivity index (χ2v) is 5.44. The Morgan fingerprint density at radius 2 is 2.00 bits per heavy atom. The molecule has 1 aromatic carbocycles. The Morgan fingerprint density at radius 1 is 1.24 bits per heavy atom. The van der Waals surface area contributed by atoms with Gasteiger partial charge >= 0.3 is 0 Å². The molecule has 1 saturated heterocycles. The van der Waals surface area contributed by atoms with Gasteiger partial charge in [-0.25, -0.2) is 0 Å². The van der Waals surface area contributed by atoms with E-state index >= 15 is 0 Å². The van der Waals surface area contributed by atoms with Crippen LogP contribution in [0.15, 0.2) is 18.2 Å². The summed E-state index contributed by atoms with van der Waals surface area (Å²) < 4.78 is 5.76. The number of piperidine rings is 1. The highest BCUT2D eigenvalue weighted by Crippen LogP contribution is 2.46. The maximum Gasteiger partial charge on any atom is 0.123 e. The Labute approximate surface area is 103 Å². The molecular weight excluding hydrogens is 212 g/mol. The van der Waals surface area contributed by atoms with Gasteiger partial charge < -0.3 is 15.4 Å². The van der Waals surface area contributed by atoms with Crippen molar-refractivity contribution >= 4 is 5.69 Å². The van der Waals surface area contributed by atoms with Gasteiger partial charge in [0.2, 0.25) is 0 Å². The highest BCUT2D eigenvalue weighted by atomic mass is 16.5. The number of anilines is 1. The van der Waals surface area contributed by atoms with Gasteiger partial charge in [0.1, 0.15) is 5.75 Å². The number of nitrogens with zero attached hydrogens (tertiary/aromatic N) is 1. The molecule has 0 aliphatic carbocycles. The second-order valence-electron chi connectivity index (χ2n) is 5.44. The molecule has 3 rings (SSSR count). The zero-order chi connectivity index (χ0) is 11.9. The zero-order valence-electron chi connectivity index (χ0n) is 10.4. The summed E-state index contributed by atoms with van der Waals surface area (Å²) in [4.78, 5) is 2.41. The molecule has 0 radical (unpaired) electrons. The molecule has 0 aromatic heterocycles. The molecule has 0 amide bonds. The molecule has 2 aliphatic heterocycles. The van der Waals surface area contributed by atoms with Crippen LogP contribution in [0.5, 0.6) is 5.75 Å². The van der Waals surface area contributed by atoms with E-state index in [1.165, 1.54) is 31.5 Å². The van der Waals surface area contributed by atoms with Crippen LogP contribution in [0.2, 0.25) is 0 Å². The summed E-state index contributed by atoms with van der Waals surface area (Å²) in [5.41, 5.74) is 8.45. The lowest BCUT2D eigenvalue weighted by molar-refractivity contribution is 0.132. The first kappa shape index (κ1) is 10.9. The number of likely N-dealkylation sites (tertiary alicyclic amines) is 1. The monoisotopic (exact) mass is 232 g/mol. The van der Waals surface area contributed by atoms with Gasteiger partial charge in [-0.1, -0.05) is 0 Å². The minimum Gasteiger partial charge on any atom is -0.493 e. The molecule has 2 N–H and O–H groups in total. The lowest BCUT2D eigenvalue weighted by Crippen LogP contribution is -2.43. The van der Waals surface area contributed by atoms with Crippen molar-refractivity contribution < 1.29 is 4.74 Å². The third-order valence-corrected chi connectivity index (χ3v) is 4.36. The molecule has 2 aliphatic rings. The first-order chi connectivity index (χ1) is 8.20. The van der Waals surface area contributed by atoms with Gasteiger partial charge in [0.25, 0.3) is 0 Å². The van der Waals surface area contributed by atoms with Gasteiger partial charge in [-0.15, -0.1) is 0 Å². The van der Waals surface area contributed by atoms with Crippen LogP contribution < -0.4 is 10.5 Å². The molecular formula is C14H20N2O. The quantitative estimate of drug-likeness (QED) is 0.695. The van der Waals surface area contributed by atoms with E-state index in [2.05, 4.69) is 18.0 Å². The van der Waals surface area contributed by atoms with Crippen molar-refractivity contribution in [2.75, 3.05) is 32.5 Å². The summed E-state index contributed by atoms with van der Waals surface area (Å²) >= 11 is 0. The Bertz CT molecular complexity index is 422. The first-order valence-corrected chi connectivity index (χ1v) is 6.41. The summed E-state index contributed by atoms with van der Waals surface area (Å²) in [5, 5.41) is 0. The highest BCUT2D eigenvalue weighted by Gasteiger charge is 2.39. The normalized spacial score (nSPS) is 23.1. The fourth-order valence-electron chi connectivity index (χ4n) is 3.14. The van der Waals surface area contributed by atoms with Crippen LogP contribution in [0.3, 0.4) is 0 Å². The van der Waals surface area contributed by atoms with Crippen molar-refractivity contribution in [3.8, 4) is 5.75 Å². The molecule has 3 nitrogen and oxygen atoms in total. The lowest BCUT2D eigenvalue weighted by Gasteiger charge is -2.44. The zero-order valence-corrected chi connectivity index (χ0v) is 10.4. The third-order valence-electron chi connectivity index (χ3n) is 4.36. The number of fused-ring (bicyclic) bond motifs is 2. The van der Waals surface area contributed by atoms with E-state index in [4.69, 9.17) is 10.5 Å². The van der Waals surface area contributed by atoms with Gasteiger partial charge in [-0.3, -0.25) is 0 Å². The summed E-state index contributed by atoms with van der Waals surface area (Å²) in [6, 6.07) is 6.09. The van der Waals surface area contributed by atoms with Gasteiger partial charge in [-0.05, 0) is 57.6 Å². The number of hydrogen-bond donors (Lipinski definition) is 1. The average Bonchev–Trinajstić information content (AvgIpc) is 2.34. The van der Waals surface area contributed by atoms with Gasteiger partial charge in [0.15, 0.2) is 0 Å². The van der Waals surface area contributed by atoms with E-state index in [1.54, 1.807) is 0 Å². The van der Waals surface area contributed by atoms with E-state index < -0.39 is 0 Å². The number of nitrogens with two attached hydrogens (primary N) is 1. The molecule has 1 fully saturated rings. The Hall–Kier alpha value is -1.22. The molecule has 0 saturated carbocycles. The van der Waals surface area contributed by atoms with Crippen LogP contribution in [-0.2, 0) is 5.41 Å². The van der Waals surface area contributed by atoms with Crippen LogP contribution in [0.25, 0.3) is 0 Å². The largest absolute Gasteiger partial charge is 0.493 e. The summed E-state index contributed by atoms with van der Waals surface area (Å²) in [6.07, 6.45) is 3.59. The molecule has 0 atom stereocenters. The molecule has 0 unspecified atom stereocenters. The number of nitrogen functional groups attached to an aromatic ring is 1. The third kappa shape index (κ3) is 1.78. The predicted molar refractivity (Wildman–Crippen MR) is 69.4 cm³/mol. The molecule has 17 heavy (non-hydrogen) atoms. The van der Waals surface area contributed by atoms with Gasteiger partial charge in [0.05, 0.1) is 6.61 Å². The Morgan fingerprint density at radius 3 is 2.76 bits per heavy atom. The maximum absolute atomic E-state index is 5.93. The minimum atomic E-state index is 0.315. The van der Waals surface area contributed by atoms with Crippen molar-refractivity contribution in [1.82, 2.24) is 4.90 Å². The minimum absolute atomic E-state index is 0.315. The van der Waals surface area contributed by atoms with Crippen LogP contribution in [0, 0.1) is 0 Å². The Kier molecular flexibility index (Phi) is 2.51. The fourth-order valence-corrected chi connectivity index (χ4v) is 3.14. The summed E-state index contributed by atoms with van der Waals surface area (Å²) in [7, 11) is 2.20. The molecule has 2 heterocycles. The topological polar surface area (TPSA) is 38.5 Å². The maximum atomic E-state index is 5.93. The summed E-state index contributed by atoms with van der Waals surface area (Å²) in [6.45, 7) is 3.20. The van der Waals surface area contributed by atoms with Crippen molar-refractivity contribution in [2.45, 2.75) is 24.7 Å². The Balaban J connectivity index is 2.00. The average molecular weight is 232 g/mol. The molecule has 0 bridgehead atoms. The van der Waals surface area contributed by atoms with E-state index in [-0.39, 0.29) is 0 Å². The molecule has 92 valence electrons. The van der Waals surface area contributed by atoms with Crippen LogP contribution >= 0.6 is 0 Å². The number of ether oxygens (including phenoxy) is 1. The van der Waals surface area contributed by atoms with Crippen molar-refractivity contribution in [2.24, 2.45) is 0 Å². The number of hydrogen-bond acceptors (Lipinski definition) is 3. The van der Waals surface area contributed by atoms with E-state index in [1.807, 2.05) is 12.1 Å². The van der Waals surface area contributed by atoms with Gasteiger partial charge in [0, 0.05) is 16.7 Å². The summed E-state index contributed by atoms with van der Waals surface area (Å²) in [5.74, 6) is 1.05. The number of rotatable bonds is 0. The van der Waals surface area contributed by atoms with Crippen molar-refractivity contribution in [3.63, 3.8) is 0 Å². The fraction of sp³-hybridized carbons (Fsp3) is 0.571. The number of benzene rings is 1. The predicted octanol–water partition coefficient (Wildman–Crippen LogP) is 2.01. The molecule has 1 aromatic rings.